The van der Waals surface area contributed by atoms with Crippen molar-refractivity contribution in [2.75, 3.05) is 6.26 Å². The Balaban J connectivity index is 1.47. The minimum atomic E-state index is -3.55. The third-order valence-corrected chi connectivity index (χ3v) is 7.65. The number of nitrogens with one attached hydrogen (secondary N) is 1. The minimum absolute atomic E-state index is 0.00816. The number of ketones is 1. The fraction of sp³-hybridized carbons (Fsp3) is 0.417. The maximum Gasteiger partial charge on any atom is 0.175 e. The average molecular weight is 459 g/mol. The van der Waals surface area contributed by atoms with Crippen molar-refractivity contribution in [2.24, 2.45) is 11.8 Å². The number of hydrogen-bond donors (Lipinski definition) is 1. The Morgan fingerprint density at radius 3 is 2.53 bits per heavy atom. The normalized spacial score (nSPS) is 23.1. The van der Waals surface area contributed by atoms with Gasteiger partial charge in [0.05, 0.1) is 22.9 Å². The molecule has 4 rings (SSSR count). The van der Waals surface area contributed by atoms with Gasteiger partial charge in [0.25, 0.3) is 0 Å². The highest BCUT2D eigenvalue weighted by atomic mass is 32.2. The summed E-state index contributed by atoms with van der Waals surface area (Å²) in [4.78, 5) is 12.5. The van der Waals surface area contributed by atoms with Gasteiger partial charge in [0.1, 0.15) is 11.6 Å². The van der Waals surface area contributed by atoms with Crippen LogP contribution in [0.25, 0.3) is 11.1 Å². The molecule has 1 aliphatic heterocycles. The molecule has 1 saturated carbocycles. The molecular weight excluding hydrogens is 434 g/mol. The van der Waals surface area contributed by atoms with Crippen LogP contribution in [0.2, 0.25) is 0 Å². The van der Waals surface area contributed by atoms with Gasteiger partial charge < -0.3 is 5.32 Å². The number of sulfone groups is 1. The van der Waals surface area contributed by atoms with Gasteiger partial charge in [0, 0.05) is 24.3 Å². The molecule has 168 valence electrons. The van der Waals surface area contributed by atoms with Gasteiger partial charge in [-0.05, 0) is 60.9 Å². The van der Waals surface area contributed by atoms with Gasteiger partial charge in [-0.25, -0.2) is 17.2 Å². The van der Waals surface area contributed by atoms with E-state index in [1.165, 1.54) is 30.3 Å². The lowest BCUT2D eigenvalue weighted by Crippen LogP contribution is -2.42. The van der Waals surface area contributed by atoms with Crippen molar-refractivity contribution in [3.8, 4) is 17.2 Å². The molecule has 32 heavy (non-hydrogen) atoms. The second-order valence-electron chi connectivity index (χ2n) is 8.83. The summed E-state index contributed by atoms with van der Waals surface area (Å²) in [6, 6.07) is 10.00. The first-order valence-corrected chi connectivity index (χ1v) is 12.5. The van der Waals surface area contributed by atoms with Crippen molar-refractivity contribution < 1.29 is 22.0 Å². The van der Waals surface area contributed by atoms with Crippen LogP contribution in [0, 0.1) is 34.8 Å². The first-order valence-electron chi connectivity index (χ1n) is 10.6. The number of fused-ring (bicyclic) bond motifs is 2. The summed E-state index contributed by atoms with van der Waals surface area (Å²) < 4.78 is 52.4. The minimum Gasteiger partial charge on any atom is -0.304 e. The lowest BCUT2D eigenvalue weighted by Gasteiger charge is -2.22. The lowest BCUT2D eigenvalue weighted by atomic mass is 9.88. The Morgan fingerprint density at radius 1 is 1.19 bits per heavy atom. The molecule has 4 atom stereocenters. The van der Waals surface area contributed by atoms with Crippen molar-refractivity contribution in [1.29, 1.82) is 5.26 Å². The highest BCUT2D eigenvalue weighted by Crippen LogP contribution is 2.36. The molecule has 1 aliphatic carbocycles. The van der Waals surface area contributed by atoms with Crippen LogP contribution in [0.4, 0.5) is 8.78 Å². The third-order valence-electron chi connectivity index (χ3n) is 6.54. The predicted octanol–water partition coefficient (Wildman–Crippen LogP) is 3.82. The second kappa shape index (κ2) is 8.72. The summed E-state index contributed by atoms with van der Waals surface area (Å²) in [5, 5.41) is 12.9. The quantitative estimate of drug-likeness (QED) is 0.682. The van der Waals surface area contributed by atoms with E-state index >= 15 is 0 Å². The zero-order valence-corrected chi connectivity index (χ0v) is 18.5. The van der Waals surface area contributed by atoms with Crippen LogP contribution in [0.3, 0.4) is 0 Å². The summed E-state index contributed by atoms with van der Waals surface area (Å²) in [6.07, 6.45) is 4.27. The molecule has 8 heteroatoms. The number of hydrogen-bond acceptors (Lipinski definition) is 5. The molecule has 2 aromatic rings. The van der Waals surface area contributed by atoms with Crippen LogP contribution >= 0.6 is 0 Å². The Hall–Kier alpha value is -2.63. The average Bonchev–Trinajstić information content (AvgIpc) is 3.37. The van der Waals surface area contributed by atoms with E-state index in [-0.39, 0.29) is 46.3 Å². The van der Waals surface area contributed by atoms with Crippen LogP contribution in [-0.2, 0) is 21.1 Å². The van der Waals surface area contributed by atoms with Crippen LogP contribution < -0.4 is 5.32 Å². The fourth-order valence-corrected chi connectivity index (χ4v) is 5.49. The first-order chi connectivity index (χ1) is 15.2. The van der Waals surface area contributed by atoms with Crippen molar-refractivity contribution >= 4 is 15.6 Å². The predicted molar refractivity (Wildman–Crippen MR) is 115 cm³/mol. The van der Waals surface area contributed by atoms with Crippen molar-refractivity contribution in [1.82, 2.24) is 5.32 Å². The fourth-order valence-electron chi connectivity index (χ4n) is 4.86. The van der Waals surface area contributed by atoms with E-state index < -0.39 is 27.4 Å². The topological polar surface area (TPSA) is 87.0 Å². The molecule has 0 radical (unpaired) electrons. The van der Waals surface area contributed by atoms with Crippen LogP contribution in [-0.4, -0.2) is 32.5 Å². The number of Topliss-reactive ketones (excluding diaryl/α,β-unsaturated/α-hetero) is 1. The number of nitrogens with zero attached hydrogens (tertiary/aromatic N) is 1. The van der Waals surface area contributed by atoms with Crippen molar-refractivity contribution in [3.63, 3.8) is 0 Å². The molecule has 0 amide bonds. The maximum atomic E-state index is 14.8. The monoisotopic (exact) mass is 458 g/mol. The highest BCUT2D eigenvalue weighted by Gasteiger charge is 2.42. The van der Waals surface area contributed by atoms with Crippen LogP contribution in [0.15, 0.2) is 41.3 Å². The molecule has 2 aliphatic rings. The van der Waals surface area contributed by atoms with E-state index in [4.69, 9.17) is 0 Å². The molecular formula is C24H24F2N2O3S. The second-order valence-corrected chi connectivity index (χ2v) is 10.9. The summed E-state index contributed by atoms with van der Waals surface area (Å²) in [5.41, 5.74) is 0.624. The molecule has 0 unspecified atom stereocenters. The van der Waals surface area contributed by atoms with E-state index in [2.05, 4.69) is 11.4 Å². The van der Waals surface area contributed by atoms with Gasteiger partial charge in [0.15, 0.2) is 15.6 Å². The third kappa shape index (κ3) is 4.59. The lowest BCUT2D eigenvalue weighted by molar-refractivity contribution is -0.122. The SMILES string of the molecule is CS(=O)(=O)c1ccc(-c2ccc(C[C@@H](C#N)CC(=O)[C@H]3N[C@@H]4CC[C@H]3C4)c(F)c2)c(F)c1. The van der Waals surface area contributed by atoms with Crippen molar-refractivity contribution in [2.45, 2.75) is 49.1 Å². The maximum absolute atomic E-state index is 14.8. The van der Waals surface area contributed by atoms with E-state index in [1.807, 2.05) is 0 Å². The number of carbonyl (C=O) groups is 1. The van der Waals surface area contributed by atoms with E-state index in [0.29, 0.717) is 12.0 Å². The van der Waals surface area contributed by atoms with E-state index in [0.717, 1.165) is 31.6 Å². The molecule has 5 nitrogen and oxygen atoms in total. The molecule has 1 N–H and O–H groups in total. The standard InChI is InChI=1S/C24H24F2N2O3S/c1-32(30,31)19-6-7-20(22(26)12-19)15-2-3-16(21(25)11-15)8-14(13-27)9-23(29)24-17-4-5-18(10-17)28-24/h2-3,6-7,11-12,14,17-18,24,28H,4-5,8-10H2,1H3/t14-,17+,18-,24+/m1/s1. The molecule has 1 heterocycles. The number of halogens is 2. The van der Waals surface area contributed by atoms with Crippen LogP contribution in [0.1, 0.15) is 31.2 Å². The Kier molecular flexibility index (Phi) is 6.15. The van der Waals surface area contributed by atoms with Crippen molar-refractivity contribution in [3.05, 3.63) is 53.6 Å². The van der Waals surface area contributed by atoms with E-state index in [9.17, 15) is 27.3 Å². The Labute approximate surface area is 186 Å². The van der Waals surface area contributed by atoms with Gasteiger partial charge in [-0.3, -0.25) is 4.79 Å². The summed E-state index contributed by atoms with van der Waals surface area (Å²) in [6.45, 7) is 0. The molecule has 2 fully saturated rings. The van der Waals surface area contributed by atoms with Gasteiger partial charge in [-0.2, -0.15) is 5.26 Å². The Morgan fingerprint density at radius 2 is 1.97 bits per heavy atom. The largest absolute Gasteiger partial charge is 0.304 e. The van der Waals surface area contributed by atoms with Gasteiger partial charge in [-0.1, -0.05) is 18.2 Å². The molecule has 0 aromatic heterocycles. The zero-order chi connectivity index (χ0) is 23.0. The number of rotatable bonds is 7. The number of benzene rings is 2. The summed E-state index contributed by atoms with van der Waals surface area (Å²) in [5.74, 6) is -1.66. The van der Waals surface area contributed by atoms with E-state index in [1.54, 1.807) is 0 Å². The van der Waals surface area contributed by atoms with Crippen LogP contribution in [0.5, 0.6) is 0 Å². The zero-order valence-electron chi connectivity index (χ0n) is 17.6. The molecule has 2 bridgehead atoms. The molecule has 1 saturated heterocycles. The van der Waals surface area contributed by atoms with Gasteiger partial charge >= 0.3 is 0 Å². The summed E-state index contributed by atoms with van der Waals surface area (Å²) >= 11 is 0. The highest BCUT2D eigenvalue weighted by molar-refractivity contribution is 7.90. The smallest absolute Gasteiger partial charge is 0.175 e. The number of nitriles is 1. The Bertz CT molecular complexity index is 1210. The number of carbonyl (C=O) groups excluding carboxylic acids is 1. The van der Waals surface area contributed by atoms with Gasteiger partial charge in [0.2, 0.25) is 0 Å². The van der Waals surface area contributed by atoms with Gasteiger partial charge in [-0.15, -0.1) is 0 Å². The first kappa shape index (κ1) is 22.6. The summed E-state index contributed by atoms with van der Waals surface area (Å²) in [7, 11) is -3.55. The molecule has 0 spiro atoms. The number of piperidine rings is 1. The molecule has 2 aromatic carbocycles.